The fraction of sp³-hybridized carbons (Fsp3) is 0.522. The summed E-state index contributed by atoms with van der Waals surface area (Å²) in [5.74, 6) is 0.222. The number of pyridine rings is 1. The van der Waals surface area contributed by atoms with Crippen LogP contribution in [0.2, 0.25) is 0 Å². The lowest BCUT2D eigenvalue weighted by atomic mass is 9.64. The lowest BCUT2D eigenvalue weighted by Gasteiger charge is -2.47. The van der Waals surface area contributed by atoms with Gasteiger partial charge in [-0.3, -0.25) is 0 Å². The first kappa shape index (κ1) is 21.8. The van der Waals surface area contributed by atoms with Gasteiger partial charge in [0.25, 0.3) is 0 Å². The lowest BCUT2D eigenvalue weighted by molar-refractivity contribution is -0.137. The average Bonchev–Trinajstić information content (AvgIpc) is 3.50. The number of fused-ring (bicyclic) bond motifs is 1. The third kappa shape index (κ3) is 3.71. The van der Waals surface area contributed by atoms with E-state index in [0.717, 1.165) is 50.8 Å². The zero-order chi connectivity index (χ0) is 23.3. The molecule has 0 amide bonds. The third-order valence-corrected chi connectivity index (χ3v) is 7.42. The molecule has 1 spiro atoms. The van der Waals surface area contributed by atoms with Gasteiger partial charge in [0, 0.05) is 54.4 Å². The average molecular weight is 474 g/mol. The first-order valence-corrected chi connectivity index (χ1v) is 11.7. The molecule has 11 heteroatoms. The van der Waals surface area contributed by atoms with Crippen LogP contribution in [0.3, 0.4) is 0 Å². The maximum absolute atomic E-state index is 13.9. The van der Waals surface area contributed by atoms with E-state index in [1.165, 1.54) is 6.20 Å². The number of nitrogens with zero attached hydrogens (tertiary/aromatic N) is 3. The number of ether oxygens (including phenoxy) is 1. The van der Waals surface area contributed by atoms with Crippen molar-refractivity contribution in [3.8, 4) is 11.3 Å². The molecule has 0 aromatic carbocycles. The van der Waals surface area contributed by atoms with Crippen LogP contribution in [-0.2, 0) is 10.9 Å². The molecule has 8 nitrogen and oxygen atoms in total. The number of aromatic nitrogens is 4. The predicted octanol–water partition coefficient (Wildman–Crippen LogP) is 3.25. The minimum atomic E-state index is -4.58. The maximum Gasteiger partial charge on any atom is 0.419 e. The van der Waals surface area contributed by atoms with E-state index in [1.54, 1.807) is 12.1 Å². The number of H-pyrrole nitrogens is 1. The summed E-state index contributed by atoms with van der Waals surface area (Å²) >= 11 is 0. The van der Waals surface area contributed by atoms with E-state index < -0.39 is 11.7 Å². The molecule has 3 aromatic heterocycles. The molecule has 1 saturated carbocycles. The van der Waals surface area contributed by atoms with E-state index in [9.17, 15) is 13.2 Å². The Hall–Kier alpha value is -2.76. The van der Waals surface area contributed by atoms with E-state index >= 15 is 0 Å². The van der Waals surface area contributed by atoms with Gasteiger partial charge in [0.15, 0.2) is 0 Å². The second-order valence-corrected chi connectivity index (χ2v) is 9.38. The fourth-order valence-corrected chi connectivity index (χ4v) is 5.37. The minimum Gasteiger partial charge on any atom is -0.369 e. The maximum atomic E-state index is 13.9. The van der Waals surface area contributed by atoms with Crippen LogP contribution in [0.15, 0.2) is 24.5 Å². The van der Waals surface area contributed by atoms with Crippen molar-refractivity contribution in [1.82, 2.24) is 30.6 Å². The normalized spacial score (nSPS) is 27.3. The molecule has 3 aromatic rings. The molecule has 180 valence electrons. The van der Waals surface area contributed by atoms with E-state index in [0.29, 0.717) is 29.7 Å². The van der Waals surface area contributed by atoms with Crippen molar-refractivity contribution in [2.24, 2.45) is 5.41 Å². The van der Waals surface area contributed by atoms with Crippen LogP contribution in [0.4, 0.5) is 19.1 Å². The lowest BCUT2D eigenvalue weighted by Crippen LogP contribution is -2.51. The van der Waals surface area contributed by atoms with E-state index in [1.807, 2.05) is 0 Å². The molecule has 6 rings (SSSR count). The predicted molar refractivity (Wildman–Crippen MR) is 120 cm³/mol. The van der Waals surface area contributed by atoms with Crippen LogP contribution in [0.1, 0.15) is 36.6 Å². The van der Waals surface area contributed by atoms with Gasteiger partial charge in [0.05, 0.1) is 18.0 Å². The van der Waals surface area contributed by atoms with Crippen molar-refractivity contribution >= 4 is 17.0 Å². The van der Waals surface area contributed by atoms with Crippen LogP contribution >= 0.6 is 0 Å². The number of nitrogens with one attached hydrogen (secondary N) is 4. The number of hydrogen-bond acceptors (Lipinski definition) is 7. The Balaban J connectivity index is 1.36. The smallest absolute Gasteiger partial charge is 0.369 e. The summed E-state index contributed by atoms with van der Waals surface area (Å²) in [4.78, 5) is 16.0. The number of hydrogen-bond donors (Lipinski definition) is 4. The van der Waals surface area contributed by atoms with Gasteiger partial charge in [-0.05, 0) is 37.9 Å². The van der Waals surface area contributed by atoms with Crippen LogP contribution in [-0.4, -0.2) is 58.8 Å². The molecule has 4 N–H and O–H groups in total. The standard InChI is InChI=1S/C23H26F3N7O/c24-23(25,26)15-10-30-21(32-18-3-4-22(18)5-6-28-12-22)33-19(15)14-9-29-20-13(14)1-2-16(31-20)17-11-27-7-8-34-17/h1-2,9-10,17-18,27-28H,3-8,11-12H2,(H,29,31)(H,30,32,33). The largest absolute Gasteiger partial charge is 0.419 e. The van der Waals surface area contributed by atoms with Crippen LogP contribution in [0, 0.1) is 5.41 Å². The van der Waals surface area contributed by atoms with Crippen molar-refractivity contribution in [2.45, 2.75) is 37.6 Å². The summed E-state index contributed by atoms with van der Waals surface area (Å²) in [5, 5.41) is 10.5. The molecule has 0 radical (unpaired) electrons. The minimum absolute atomic E-state index is 0.142. The van der Waals surface area contributed by atoms with Gasteiger partial charge in [-0.15, -0.1) is 0 Å². The molecular weight excluding hydrogens is 447 g/mol. The molecule has 1 aliphatic carbocycles. The van der Waals surface area contributed by atoms with Gasteiger partial charge in [-0.25, -0.2) is 15.0 Å². The van der Waals surface area contributed by atoms with Gasteiger partial charge < -0.3 is 25.7 Å². The quantitative estimate of drug-likeness (QED) is 0.462. The molecule has 3 aliphatic rings. The molecule has 0 bridgehead atoms. The van der Waals surface area contributed by atoms with Gasteiger partial charge >= 0.3 is 6.18 Å². The number of aromatic amines is 1. The number of anilines is 1. The Morgan fingerprint density at radius 3 is 2.74 bits per heavy atom. The Morgan fingerprint density at radius 1 is 1.12 bits per heavy atom. The number of halogens is 3. The summed E-state index contributed by atoms with van der Waals surface area (Å²) in [6.45, 7) is 3.89. The molecule has 2 aliphatic heterocycles. The van der Waals surface area contributed by atoms with Crippen LogP contribution in [0.25, 0.3) is 22.3 Å². The summed E-state index contributed by atoms with van der Waals surface area (Å²) in [6.07, 6.45) is 0.750. The van der Waals surface area contributed by atoms with E-state index in [2.05, 4.69) is 35.9 Å². The number of morpholine rings is 1. The van der Waals surface area contributed by atoms with E-state index in [4.69, 9.17) is 4.74 Å². The van der Waals surface area contributed by atoms with Crippen LogP contribution < -0.4 is 16.0 Å². The highest BCUT2D eigenvalue weighted by atomic mass is 19.4. The van der Waals surface area contributed by atoms with Gasteiger partial charge in [0.2, 0.25) is 5.95 Å². The van der Waals surface area contributed by atoms with Crippen molar-refractivity contribution < 1.29 is 17.9 Å². The Labute approximate surface area is 194 Å². The Kier molecular flexibility index (Phi) is 5.23. The van der Waals surface area contributed by atoms with Gasteiger partial charge in [-0.1, -0.05) is 0 Å². The van der Waals surface area contributed by atoms with Crippen molar-refractivity contribution in [3.63, 3.8) is 0 Å². The second-order valence-electron chi connectivity index (χ2n) is 9.38. The second kappa shape index (κ2) is 8.17. The molecular formula is C23H26F3N7O. The van der Waals surface area contributed by atoms with Crippen molar-refractivity contribution in [2.75, 3.05) is 38.1 Å². The molecule has 5 heterocycles. The summed E-state index contributed by atoms with van der Waals surface area (Å²) < 4.78 is 47.5. The molecule has 3 atom stereocenters. The highest BCUT2D eigenvalue weighted by molar-refractivity contribution is 5.93. The molecule has 2 saturated heterocycles. The first-order valence-electron chi connectivity index (χ1n) is 11.7. The fourth-order valence-electron chi connectivity index (χ4n) is 5.37. The Bertz CT molecular complexity index is 1200. The Morgan fingerprint density at radius 2 is 2.03 bits per heavy atom. The molecule has 3 fully saturated rings. The number of alkyl halides is 3. The summed E-state index contributed by atoms with van der Waals surface area (Å²) in [6, 6.07) is 3.74. The van der Waals surface area contributed by atoms with Gasteiger partial charge in [0.1, 0.15) is 17.3 Å². The van der Waals surface area contributed by atoms with Crippen molar-refractivity contribution in [1.29, 1.82) is 0 Å². The monoisotopic (exact) mass is 473 g/mol. The SMILES string of the molecule is FC(F)(F)c1cnc(NC2CCC23CCNC3)nc1-c1c[nH]c2nc(C3CNCCO3)ccc12. The number of rotatable bonds is 4. The van der Waals surface area contributed by atoms with Crippen LogP contribution in [0.5, 0.6) is 0 Å². The first-order chi connectivity index (χ1) is 16.4. The topological polar surface area (TPSA) is 99.8 Å². The van der Waals surface area contributed by atoms with Crippen molar-refractivity contribution in [3.05, 3.63) is 35.8 Å². The molecule has 34 heavy (non-hydrogen) atoms. The molecule has 3 unspecified atom stereocenters. The highest BCUT2D eigenvalue weighted by Crippen LogP contribution is 2.47. The van der Waals surface area contributed by atoms with Gasteiger partial charge in [-0.2, -0.15) is 13.2 Å². The summed E-state index contributed by atoms with van der Waals surface area (Å²) in [7, 11) is 0. The van der Waals surface area contributed by atoms with E-state index in [-0.39, 0.29) is 29.2 Å². The zero-order valence-electron chi connectivity index (χ0n) is 18.5. The third-order valence-electron chi connectivity index (χ3n) is 7.42. The highest BCUT2D eigenvalue weighted by Gasteiger charge is 2.48. The summed E-state index contributed by atoms with van der Waals surface area (Å²) in [5.41, 5.74) is 0.699. The zero-order valence-corrected chi connectivity index (χ0v) is 18.5.